The van der Waals surface area contributed by atoms with Gasteiger partial charge in [0.05, 0.1) is 6.26 Å². The number of esters is 2. The lowest BCUT2D eigenvalue weighted by Gasteiger charge is -2.24. The number of carbonyl (C=O) groups excluding carboxylic acids is 2. The van der Waals surface area contributed by atoms with Crippen LogP contribution in [0.2, 0.25) is 0 Å². The van der Waals surface area contributed by atoms with Crippen LogP contribution in [0.25, 0.3) is 0 Å². The highest BCUT2D eigenvalue weighted by molar-refractivity contribution is 5.66. The second-order valence-corrected chi connectivity index (χ2v) is 3.27. The maximum Gasteiger partial charge on any atom is 0.303 e. The summed E-state index contributed by atoms with van der Waals surface area (Å²) in [4.78, 5) is 21.3. The van der Waals surface area contributed by atoms with E-state index in [0.29, 0.717) is 6.42 Å². The molecule has 0 saturated heterocycles. The normalized spacial score (nSPS) is 24.1. The van der Waals surface area contributed by atoms with Gasteiger partial charge in [-0.25, -0.2) is 0 Å². The van der Waals surface area contributed by atoms with Crippen molar-refractivity contribution < 1.29 is 23.8 Å². The zero-order valence-corrected chi connectivity index (χ0v) is 8.76. The molecular formula is C10H14O5. The fraction of sp³-hybridized carbons (Fsp3) is 0.600. The predicted octanol–water partition coefficient (Wildman–Crippen LogP) is 0.784. The van der Waals surface area contributed by atoms with E-state index in [1.165, 1.54) is 20.1 Å². The van der Waals surface area contributed by atoms with E-state index in [2.05, 4.69) is 0 Å². The first-order valence-corrected chi connectivity index (χ1v) is 4.70. The smallest absolute Gasteiger partial charge is 0.303 e. The highest BCUT2D eigenvalue weighted by Gasteiger charge is 2.22. The molecule has 84 valence electrons. The van der Waals surface area contributed by atoms with Crippen molar-refractivity contribution in [3.05, 3.63) is 12.3 Å². The fourth-order valence-electron chi connectivity index (χ4n) is 1.26. The summed E-state index contributed by atoms with van der Waals surface area (Å²) in [5.41, 5.74) is 0. The molecule has 2 atom stereocenters. The molecule has 0 aromatic rings. The van der Waals surface area contributed by atoms with Gasteiger partial charge in [-0.1, -0.05) is 0 Å². The van der Waals surface area contributed by atoms with E-state index in [0.717, 1.165) is 0 Å². The first kappa shape index (κ1) is 11.6. The van der Waals surface area contributed by atoms with Gasteiger partial charge in [0.1, 0.15) is 18.8 Å². The van der Waals surface area contributed by atoms with Crippen LogP contribution in [0.15, 0.2) is 12.3 Å². The topological polar surface area (TPSA) is 61.8 Å². The Morgan fingerprint density at radius 2 is 2.13 bits per heavy atom. The Morgan fingerprint density at radius 3 is 2.73 bits per heavy atom. The van der Waals surface area contributed by atoms with E-state index >= 15 is 0 Å². The molecule has 15 heavy (non-hydrogen) atoms. The largest absolute Gasteiger partial charge is 0.495 e. The van der Waals surface area contributed by atoms with Gasteiger partial charge in [-0.05, 0) is 6.08 Å². The van der Waals surface area contributed by atoms with Crippen LogP contribution in [0.1, 0.15) is 20.3 Å². The van der Waals surface area contributed by atoms with Crippen LogP contribution >= 0.6 is 0 Å². The lowest BCUT2D eigenvalue weighted by molar-refractivity contribution is -0.150. The minimum atomic E-state index is -0.350. The molecule has 1 rings (SSSR count). The molecule has 1 heterocycles. The fourth-order valence-corrected chi connectivity index (χ4v) is 1.26. The van der Waals surface area contributed by atoms with Crippen molar-refractivity contribution in [1.82, 2.24) is 0 Å². The maximum atomic E-state index is 10.7. The summed E-state index contributed by atoms with van der Waals surface area (Å²) in [6.07, 6.45) is 3.08. The first-order chi connectivity index (χ1) is 7.08. The Balaban J connectivity index is 2.35. The highest BCUT2D eigenvalue weighted by atomic mass is 16.6. The molecule has 0 radical (unpaired) electrons. The van der Waals surface area contributed by atoms with Gasteiger partial charge in [-0.3, -0.25) is 9.59 Å². The number of rotatable bonds is 3. The summed E-state index contributed by atoms with van der Waals surface area (Å²) in [5.74, 6) is -0.685. The Labute approximate surface area is 88.0 Å². The molecule has 0 amide bonds. The monoisotopic (exact) mass is 214 g/mol. The summed E-state index contributed by atoms with van der Waals surface area (Å²) in [7, 11) is 0. The van der Waals surface area contributed by atoms with Crippen LogP contribution in [0.3, 0.4) is 0 Å². The predicted molar refractivity (Wildman–Crippen MR) is 50.8 cm³/mol. The first-order valence-electron chi connectivity index (χ1n) is 4.70. The minimum Gasteiger partial charge on any atom is -0.495 e. The standard InChI is InChI=1S/C10H14O5/c1-7(11)14-6-10-5-9(3-4-13-10)15-8(2)12/h3-4,9-10H,5-6H2,1-2H3/t9-,10+/m1/s1. The van der Waals surface area contributed by atoms with Crippen molar-refractivity contribution in [2.45, 2.75) is 32.5 Å². The van der Waals surface area contributed by atoms with Gasteiger partial charge in [0.15, 0.2) is 0 Å². The molecule has 0 N–H and O–H groups in total. The van der Waals surface area contributed by atoms with Gasteiger partial charge in [0, 0.05) is 20.3 Å². The molecule has 0 fully saturated rings. The van der Waals surface area contributed by atoms with Gasteiger partial charge in [0.2, 0.25) is 0 Å². The summed E-state index contributed by atoms with van der Waals surface area (Å²) in [6, 6.07) is 0. The van der Waals surface area contributed by atoms with Gasteiger partial charge >= 0.3 is 11.9 Å². The molecule has 5 nitrogen and oxygen atoms in total. The van der Waals surface area contributed by atoms with Crippen molar-refractivity contribution in [2.75, 3.05) is 6.61 Å². The molecule has 0 saturated carbocycles. The number of hydrogen-bond acceptors (Lipinski definition) is 5. The average molecular weight is 214 g/mol. The summed E-state index contributed by atoms with van der Waals surface area (Å²) < 4.78 is 15.0. The van der Waals surface area contributed by atoms with Crippen LogP contribution in [0.5, 0.6) is 0 Å². The lowest BCUT2D eigenvalue weighted by atomic mass is 10.1. The third-order valence-electron chi connectivity index (χ3n) is 1.85. The molecule has 5 heteroatoms. The van der Waals surface area contributed by atoms with Crippen molar-refractivity contribution in [1.29, 1.82) is 0 Å². The van der Waals surface area contributed by atoms with E-state index in [1.807, 2.05) is 0 Å². The highest BCUT2D eigenvalue weighted by Crippen LogP contribution is 2.14. The Hall–Kier alpha value is -1.52. The molecule has 0 bridgehead atoms. The van der Waals surface area contributed by atoms with Crippen molar-refractivity contribution in [2.24, 2.45) is 0 Å². The van der Waals surface area contributed by atoms with E-state index in [9.17, 15) is 9.59 Å². The summed E-state index contributed by atoms with van der Waals surface area (Å²) >= 11 is 0. The quantitative estimate of drug-likeness (QED) is 0.650. The molecule has 0 aromatic heterocycles. The Morgan fingerprint density at radius 1 is 1.40 bits per heavy atom. The van der Waals surface area contributed by atoms with Crippen LogP contribution in [0, 0.1) is 0 Å². The summed E-state index contributed by atoms with van der Waals surface area (Å²) in [5, 5.41) is 0. The van der Waals surface area contributed by atoms with Crippen LogP contribution in [0.4, 0.5) is 0 Å². The minimum absolute atomic E-state index is 0.178. The Kier molecular flexibility index (Phi) is 4.15. The summed E-state index contributed by atoms with van der Waals surface area (Å²) in [6.45, 7) is 2.87. The van der Waals surface area contributed by atoms with Gasteiger partial charge in [-0.2, -0.15) is 0 Å². The van der Waals surface area contributed by atoms with Gasteiger partial charge < -0.3 is 14.2 Å². The lowest BCUT2D eigenvalue weighted by Crippen LogP contribution is -2.29. The van der Waals surface area contributed by atoms with Crippen LogP contribution in [-0.2, 0) is 23.8 Å². The number of ether oxygens (including phenoxy) is 3. The average Bonchev–Trinajstić information content (AvgIpc) is 2.14. The van der Waals surface area contributed by atoms with E-state index in [-0.39, 0.29) is 30.8 Å². The number of carbonyl (C=O) groups is 2. The van der Waals surface area contributed by atoms with Gasteiger partial charge in [0.25, 0.3) is 0 Å². The van der Waals surface area contributed by atoms with Crippen molar-refractivity contribution >= 4 is 11.9 Å². The SMILES string of the molecule is CC(=O)OC[C@@H]1C[C@H](OC(C)=O)C=CO1. The van der Waals surface area contributed by atoms with Crippen molar-refractivity contribution in [3.8, 4) is 0 Å². The van der Waals surface area contributed by atoms with Crippen molar-refractivity contribution in [3.63, 3.8) is 0 Å². The van der Waals surface area contributed by atoms with E-state index in [4.69, 9.17) is 14.2 Å². The molecule has 1 aliphatic rings. The molecule has 0 aliphatic carbocycles. The maximum absolute atomic E-state index is 10.7. The Bertz CT molecular complexity index is 271. The van der Waals surface area contributed by atoms with Crippen LogP contribution in [-0.4, -0.2) is 30.8 Å². The second-order valence-electron chi connectivity index (χ2n) is 3.27. The molecule has 0 aromatic carbocycles. The van der Waals surface area contributed by atoms with Crippen LogP contribution < -0.4 is 0 Å². The molecule has 0 spiro atoms. The zero-order valence-electron chi connectivity index (χ0n) is 8.76. The molecular weight excluding hydrogens is 200 g/mol. The second kappa shape index (κ2) is 5.38. The van der Waals surface area contributed by atoms with Gasteiger partial charge in [-0.15, -0.1) is 0 Å². The number of hydrogen-bond donors (Lipinski definition) is 0. The van der Waals surface area contributed by atoms with E-state index in [1.54, 1.807) is 6.08 Å². The zero-order chi connectivity index (χ0) is 11.3. The third kappa shape index (κ3) is 4.49. The molecule has 1 aliphatic heterocycles. The molecule has 0 unspecified atom stereocenters. The van der Waals surface area contributed by atoms with E-state index < -0.39 is 0 Å². The third-order valence-corrected chi connectivity index (χ3v) is 1.85.